The molecule has 0 aromatic heterocycles. The first kappa shape index (κ1) is 106. The third kappa shape index (κ3) is 80.7. The second-order valence-electron chi connectivity index (χ2n) is 33.2. The van der Waals surface area contributed by atoms with Crippen molar-refractivity contribution in [3.63, 3.8) is 0 Å². The highest BCUT2D eigenvalue weighted by atomic mass is 31.2. The fourth-order valence-electron chi connectivity index (χ4n) is 13.9. The molecule has 0 saturated carbocycles. The average molecular weight is 1580 g/mol. The molecular weight excluding hydrogens is 1400 g/mol. The Morgan fingerprint density at radius 2 is 0.472 bits per heavy atom. The standard InChI is InChI=1S/C89H174O17P2/c1-8-10-11-12-13-14-15-16-17-18-19-20-21-22-26-29-32-35-42-49-56-63-70-86(91)99-76-84(105-88(93)72-65-58-51-43-36-33-30-27-24-23-25-28-31-34-41-48-55-62-69-82(7)9-2)78-103-107(95,96)101-74-83(90)75-102-108(97,98)104-79-85(106-89(94)73-66-59-52-45-38-40-47-54-61-68-81(5)6)77-100-87(92)71-64-57-50-44-37-39-46-53-60-67-80(3)4/h80-85,90H,8-79H2,1-7H3,(H,95,96)(H,97,98)/t82?,83-,84-,85-/m1/s1. The minimum Gasteiger partial charge on any atom is -0.462 e. The lowest BCUT2D eigenvalue weighted by atomic mass is 9.99. The molecule has 0 saturated heterocycles. The number of carbonyl (C=O) groups excluding carboxylic acids is 4. The highest BCUT2D eigenvalue weighted by Gasteiger charge is 2.31. The van der Waals surface area contributed by atoms with Crippen molar-refractivity contribution in [2.75, 3.05) is 39.6 Å². The van der Waals surface area contributed by atoms with Gasteiger partial charge in [-0.2, -0.15) is 0 Å². The molecule has 0 spiro atoms. The molecule has 0 aliphatic carbocycles. The summed E-state index contributed by atoms with van der Waals surface area (Å²) in [5.74, 6) is 0.247. The maximum Gasteiger partial charge on any atom is 0.472 e. The van der Waals surface area contributed by atoms with Crippen molar-refractivity contribution in [1.82, 2.24) is 0 Å². The van der Waals surface area contributed by atoms with Crippen LogP contribution in [0.25, 0.3) is 0 Å². The summed E-state index contributed by atoms with van der Waals surface area (Å²) in [6, 6.07) is 0. The van der Waals surface area contributed by atoms with E-state index in [1.165, 1.54) is 283 Å². The minimum absolute atomic E-state index is 0.105. The number of aliphatic hydroxyl groups is 1. The zero-order valence-electron chi connectivity index (χ0n) is 71.3. The van der Waals surface area contributed by atoms with E-state index in [0.29, 0.717) is 25.7 Å². The van der Waals surface area contributed by atoms with Gasteiger partial charge in [-0.15, -0.1) is 0 Å². The maximum absolute atomic E-state index is 13.2. The smallest absolute Gasteiger partial charge is 0.462 e. The predicted molar refractivity (Wildman–Crippen MR) is 446 cm³/mol. The van der Waals surface area contributed by atoms with Gasteiger partial charge in [0.2, 0.25) is 0 Å². The number of phosphoric ester groups is 2. The Hall–Kier alpha value is -1.94. The van der Waals surface area contributed by atoms with E-state index in [4.69, 9.17) is 37.0 Å². The van der Waals surface area contributed by atoms with Gasteiger partial charge in [0.25, 0.3) is 0 Å². The monoisotopic (exact) mass is 1580 g/mol. The highest BCUT2D eigenvalue weighted by Crippen LogP contribution is 2.45. The molecule has 0 bridgehead atoms. The van der Waals surface area contributed by atoms with Crippen molar-refractivity contribution in [3.8, 4) is 0 Å². The number of phosphoric acid groups is 2. The fraction of sp³-hybridized carbons (Fsp3) is 0.955. The summed E-state index contributed by atoms with van der Waals surface area (Å²) in [6.45, 7) is 12.0. The molecule has 3 N–H and O–H groups in total. The van der Waals surface area contributed by atoms with Crippen LogP contribution in [0.5, 0.6) is 0 Å². The Morgan fingerprint density at radius 3 is 0.704 bits per heavy atom. The summed E-state index contributed by atoms with van der Waals surface area (Å²) in [5.41, 5.74) is 0. The van der Waals surface area contributed by atoms with Crippen LogP contribution in [0.4, 0.5) is 0 Å². The fourth-order valence-corrected chi connectivity index (χ4v) is 15.4. The molecule has 17 nitrogen and oxygen atoms in total. The van der Waals surface area contributed by atoms with Crippen LogP contribution in [-0.2, 0) is 65.4 Å². The molecule has 642 valence electrons. The Kier molecular flexibility index (Phi) is 77.5. The van der Waals surface area contributed by atoms with E-state index >= 15 is 0 Å². The van der Waals surface area contributed by atoms with Crippen molar-refractivity contribution in [3.05, 3.63) is 0 Å². The lowest BCUT2D eigenvalue weighted by Crippen LogP contribution is -2.30. The number of hydrogen-bond acceptors (Lipinski definition) is 15. The third-order valence-electron chi connectivity index (χ3n) is 21.2. The summed E-state index contributed by atoms with van der Waals surface area (Å²) in [5, 5.41) is 10.7. The van der Waals surface area contributed by atoms with Crippen molar-refractivity contribution in [2.45, 2.75) is 491 Å². The normalized spacial score (nSPS) is 14.1. The summed E-state index contributed by atoms with van der Waals surface area (Å²) in [7, 11) is -9.93. The van der Waals surface area contributed by atoms with Crippen LogP contribution in [0.1, 0.15) is 472 Å². The minimum atomic E-state index is -4.97. The molecule has 0 aliphatic heterocycles. The van der Waals surface area contributed by atoms with Gasteiger partial charge in [-0.1, -0.05) is 421 Å². The van der Waals surface area contributed by atoms with E-state index in [1.54, 1.807) is 0 Å². The van der Waals surface area contributed by atoms with Crippen molar-refractivity contribution < 1.29 is 80.2 Å². The van der Waals surface area contributed by atoms with Crippen molar-refractivity contribution >= 4 is 39.5 Å². The van der Waals surface area contributed by atoms with Crippen LogP contribution in [0, 0.1) is 17.8 Å². The molecule has 6 atom stereocenters. The first-order valence-electron chi connectivity index (χ1n) is 45.9. The summed E-state index contributed by atoms with van der Waals surface area (Å²) >= 11 is 0. The molecule has 0 amide bonds. The average Bonchev–Trinajstić information content (AvgIpc) is 0.898. The Morgan fingerprint density at radius 1 is 0.269 bits per heavy atom. The summed E-state index contributed by atoms with van der Waals surface area (Å²) in [4.78, 5) is 73.3. The lowest BCUT2D eigenvalue weighted by Gasteiger charge is -2.21. The zero-order valence-corrected chi connectivity index (χ0v) is 73.1. The van der Waals surface area contributed by atoms with E-state index < -0.39 is 97.5 Å². The Bertz CT molecular complexity index is 2080. The molecule has 0 heterocycles. The highest BCUT2D eigenvalue weighted by molar-refractivity contribution is 7.47. The number of ether oxygens (including phenoxy) is 4. The van der Waals surface area contributed by atoms with Crippen LogP contribution >= 0.6 is 15.6 Å². The Labute approximate surface area is 664 Å². The van der Waals surface area contributed by atoms with E-state index in [0.717, 1.165) is 108 Å². The van der Waals surface area contributed by atoms with E-state index in [1.807, 2.05) is 0 Å². The predicted octanol–water partition coefficient (Wildman–Crippen LogP) is 27.3. The quantitative estimate of drug-likeness (QED) is 0.0222. The van der Waals surface area contributed by atoms with Gasteiger partial charge in [-0.05, 0) is 43.4 Å². The molecule has 0 aromatic carbocycles. The van der Waals surface area contributed by atoms with Crippen molar-refractivity contribution in [2.24, 2.45) is 17.8 Å². The third-order valence-corrected chi connectivity index (χ3v) is 23.1. The first-order valence-corrected chi connectivity index (χ1v) is 48.9. The van der Waals surface area contributed by atoms with Gasteiger partial charge >= 0.3 is 39.5 Å². The van der Waals surface area contributed by atoms with Gasteiger partial charge < -0.3 is 33.8 Å². The molecule has 0 fully saturated rings. The second kappa shape index (κ2) is 78.9. The topological polar surface area (TPSA) is 237 Å². The number of esters is 4. The van der Waals surface area contributed by atoms with Crippen LogP contribution in [0.2, 0.25) is 0 Å². The lowest BCUT2D eigenvalue weighted by molar-refractivity contribution is -0.161. The molecule has 19 heteroatoms. The van der Waals surface area contributed by atoms with E-state index in [-0.39, 0.29) is 25.7 Å². The number of rotatable bonds is 87. The molecule has 3 unspecified atom stereocenters. The van der Waals surface area contributed by atoms with Crippen LogP contribution in [0.3, 0.4) is 0 Å². The Balaban J connectivity index is 5.21. The summed E-state index contributed by atoms with van der Waals surface area (Å²) in [6.07, 6.45) is 71.1. The summed E-state index contributed by atoms with van der Waals surface area (Å²) < 4.78 is 68.9. The van der Waals surface area contributed by atoms with Gasteiger partial charge in [0, 0.05) is 25.7 Å². The second-order valence-corrected chi connectivity index (χ2v) is 36.1. The van der Waals surface area contributed by atoms with Crippen molar-refractivity contribution in [1.29, 1.82) is 0 Å². The van der Waals surface area contributed by atoms with Gasteiger partial charge in [0.1, 0.15) is 19.3 Å². The van der Waals surface area contributed by atoms with E-state index in [2.05, 4.69) is 48.5 Å². The number of aliphatic hydroxyl groups excluding tert-OH is 1. The molecule has 0 radical (unpaired) electrons. The van der Waals surface area contributed by atoms with Gasteiger partial charge in [-0.3, -0.25) is 37.3 Å². The molecular formula is C89H174O17P2. The largest absolute Gasteiger partial charge is 0.472 e. The molecule has 108 heavy (non-hydrogen) atoms. The van der Waals surface area contributed by atoms with Crippen LogP contribution < -0.4 is 0 Å². The van der Waals surface area contributed by atoms with Gasteiger partial charge in [-0.25, -0.2) is 9.13 Å². The maximum atomic E-state index is 13.2. The SMILES string of the molecule is CCCCCCCCCCCCCCCCCCCCCCCCC(=O)OC[C@H](COP(=O)(O)OC[C@@H](O)COP(=O)(O)OC[C@@H](COC(=O)CCCCCCCCCCCC(C)C)OC(=O)CCCCCCCCCCCC(C)C)OC(=O)CCCCCCCCCCCCCCCCCCCCC(C)CC. The number of unbranched alkanes of at least 4 members (excludes halogenated alkanes) is 54. The first-order chi connectivity index (χ1) is 52.3. The molecule has 0 aromatic rings. The molecule has 0 aliphatic rings. The number of hydrogen-bond donors (Lipinski definition) is 3. The number of carbonyl (C=O) groups is 4. The van der Waals surface area contributed by atoms with E-state index in [9.17, 15) is 43.2 Å². The van der Waals surface area contributed by atoms with Gasteiger partial charge in [0.05, 0.1) is 26.4 Å². The van der Waals surface area contributed by atoms with Crippen LogP contribution in [-0.4, -0.2) is 96.7 Å². The molecule has 0 rings (SSSR count). The zero-order chi connectivity index (χ0) is 79.3. The van der Waals surface area contributed by atoms with Gasteiger partial charge in [0.15, 0.2) is 12.2 Å². The van der Waals surface area contributed by atoms with Crippen LogP contribution in [0.15, 0.2) is 0 Å².